The lowest BCUT2D eigenvalue weighted by Crippen LogP contribution is -2.14. The molecule has 0 atom stereocenters. The zero-order chi connectivity index (χ0) is 16.5. The summed E-state index contributed by atoms with van der Waals surface area (Å²) in [5.41, 5.74) is 1.82. The van der Waals surface area contributed by atoms with Crippen LogP contribution in [0.5, 0.6) is 5.75 Å². The third kappa shape index (κ3) is 6.74. The first-order chi connectivity index (χ1) is 11.1. The number of nitrogens with one attached hydrogen (secondary N) is 1. The molecule has 3 nitrogen and oxygen atoms in total. The van der Waals surface area contributed by atoms with E-state index < -0.39 is 0 Å². The zero-order valence-corrected chi connectivity index (χ0v) is 13.9. The summed E-state index contributed by atoms with van der Waals surface area (Å²) >= 11 is 1.56. The lowest BCUT2D eigenvalue weighted by molar-refractivity contribution is -0.113. The highest BCUT2D eigenvalue weighted by atomic mass is 32.2. The first kappa shape index (κ1) is 17.3. The van der Waals surface area contributed by atoms with Gasteiger partial charge in [0.1, 0.15) is 11.6 Å². The van der Waals surface area contributed by atoms with Crippen molar-refractivity contribution < 1.29 is 13.9 Å². The third-order valence-corrected chi connectivity index (χ3v) is 4.13. The molecule has 1 N–H and O–H groups in total. The van der Waals surface area contributed by atoms with E-state index >= 15 is 0 Å². The number of hydrogen-bond donors (Lipinski definition) is 1. The molecule has 0 aliphatic heterocycles. The topological polar surface area (TPSA) is 38.3 Å². The molecule has 0 saturated carbocycles. The van der Waals surface area contributed by atoms with Crippen molar-refractivity contribution in [3.05, 3.63) is 59.9 Å². The van der Waals surface area contributed by atoms with Gasteiger partial charge in [0.15, 0.2) is 0 Å². The Morgan fingerprint density at radius 2 is 1.83 bits per heavy atom. The minimum absolute atomic E-state index is 0.0824. The molecule has 0 heterocycles. The molecule has 2 aromatic carbocycles. The fraction of sp³-hybridized carbons (Fsp3) is 0.278. The molecule has 2 aromatic rings. The second kappa shape index (κ2) is 9.20. The maximum absolute atomic E-state index is 12.8. The van der Waals surface area contributed by atoms with E-state index in [1.807, 2.05) is 31.2 Å². The highest BCUT2D eigenvalue weighted by molar-refractivity contribution is 7.99. The predicted molar refractivity (Wildman–Crippen MR) is 93.6 cm³/mol. The molecule has 0 saturated heterocycles. The number of carbonyl (C=O) groups is 1. The molecular formula is C18H20FNO2S. The number of aryl methyl sites for hydroxylation is 1. The molecule has 122 valence electrons. The molecular weight excluding hydrogens is 313 g/mol. The van der Waals surface area contributed by atoms with Crippen molar-refractivity contribution in [1.82, 2.24) is 0 Å². The summed E-state index contributed by atoms with van der Waals surface area (Å²) in [7, 11) is 0. The fourth-order valence-electron chi connectivity index (χ4n) is 1.88. The van der Waals surface area contributed by atoms with E-state index in [1.54, 1.807) is 23.9 Å². The van der Waals surface area contributed by atoms with Gasteiger partial charge in [-0.3, -0.25) is 4.79 Å². The Morgan fingerprint density at radius 3 is 2.52 bits per heavy atom. The number of rotatable bonds is 8. The van der Waals surface area contributed by atoms with Gasteiger partial charge in [-0.05, 0) is 55.5 Å². The highest BCUT2D eigenvalue weighted by Crippen LogP contribution is 2.13. The van der Waals surface area contributed by atoms with Crippen molar-refractivity contribution in [2.75, 3.05) is 23.4 Å². The Labute approximate surface area is 140 Å². The van der Waals surface area contributed by atoms with E-state index in [0.717, 1.165) is 17.9 Å². The second-order valence-electron chi connectivity index (χ2n) is 5.12. The van der Waals surface area contributed by atoms with Crippen molar-refractivity contribution in [3.63, 3.8) is 0 Å². The van der Waals surface area contributed by atoms with Crippen molar-refractivity contribution in [3.8, 4) is 5.75 Å². The van der Waals surface area contributed by atoms with Gasteiger partial charge in [0.2, 0.25) is 5.91 Å². The fourth-order valence-corrected chi connectivity index (χ4v) is 2.60. The van der Waals surface area contributed by atoms with Crippen LogP contribution in [0.15, 0.2) is 48.5 Å². The largest absolute Gasteiger partial charge is 0.494 e. The van der Waals surface area contributed by atoms with Gasteiger partial charge < -0.3 is 10.1 Å². The summed E-state index contributed by atoms with van der Waals surface area (Å²) in [6.45, 7) is 2.67. The first-order valence-electron chi connectivity index (χ1n) is 7.46. The molecule has 2 rings (SSSR count). The minimum Gasteiger partial charge on any atom is -0.494 e. The smallest absolute Gasteiger partial charge is 0.234 e. The second-order valence-corrected chi connectivity index (χ2v) is 6.23. The molecule has 0 radical (unpaired) electrons. The Morgan fingerprint density at radius 1 is 1.13 bits per heavy atom. The molecule has 0 aliphatic rings. The van der Waals surface area contributed by atoms with Crippen LogP contribution in [0, 0.1) is 12.7 Å². The summed E-state index contributed by atoms with van der Waals surface area (Å²) in [6.07, 6.45) is 0.877. The van der Waals surface area contributed by atoms with Gasteiger partial charge in [-0.1, -0.05) is 17.7 Å². The van der Waals surface area contributed by atoms with Gasteiger partial charge in [0.25, 0.3) is 0 Å². The molecule has 0 bridgehead atoms. The van der Waals surface area contributed by atoms with Gasteiger partial charge in [-0.15, -0.1) is 0 Å². The van der Waals surface area contributed by atoms with E-state index in [1.165, 1.54) is 17.7 Å². The number of benzene rings is 2. The van der Waals surface area contributed by atoms with Gasteiger partial charge in [0, 0.05) is 5.69 Å². The van der Waals surface area contributed by atoms with Crippen LogP contribution in [0.1, 0.15) is 12.0 Å². The summed E-state index contributed by atoms with van der Waals surface area (Å²) in [4.78, 5) is 11.7. The van der Waals surface area contributed by atoms with Crippen molar-refractivity contribution in [1.29, 1.82) is 0 Å². The standard InChI is InChI=1S/C18H20FNO2S/c1-14-3-9-17(10-4-14)22-11-2-12-23-13-18(21)20-16-7-5-15(19)6-8-16/h3-10H,2,11-13H2,1H3,(H,20,21). The number of halogens is 1. The summed E-state index contributed by atoms with van der Waals surface area (Å²) in [5, 5.41) is 2.73. The van der Waals surface area contributed by atoms with Crippen molar-refractivity contribution in [2.45, 2.75) is 13.3 Å². The number of ether oxygens (including phenoxy) is 1. The average Bonchev–Trinajstić information content (AvgIpc) is 2.54. The summed E-state index contributed by atoms with van der Waals surface area (Å²) in [6, 6.07) is 13.7. The van der Waals surface area contributed by atoms with Gasteiger partial charge >= 0.3 is 0 Å². The van der Waals surface area contributed by atoms with Crippen LogP contribution in [0.25, 0.3) is 0 Å². The summed E-state index contributed by atoms with van der Waals surface area (Å²) in [5.74, 6) is 1.70. The van der Waals surface area contributed by atoms with E-state index in [4.69, 9.17) is 4.74 Å². The zero-order valence-electron chi connectivity index (χ0n) is 13.0. The Bertz CT molecular complexity index is 614. The van der Waals surface area contributed by atoms with Gasteiger partial charge in [-0.2, -0.15) is 11.8 Å². The van der Waals surface area contributed by atoms with Crippen LogP contribution in [0.3, 0.4) is 0 Å². The van der Waals surface area contributed by atoms with Crippen LogP contribution in [-0.4, -0.2) is 24.0 Å². The quantitative estimate of drug-likeness (QED) is 0.733. The number of amides is 1. The molecule has 1 amide bonds. The molecule has 0 unspecified atom stereocenters. The molecule has 0 aromatic heterocycles. The van der Waals surface area contributed by atoms with Crippen molar-refractivity contribution in [2.24, 2.45) is 0 Å². The lowest BCUT2D eigenvalue weighted by Gasteiger charge is -2.07. The minimum atomic E-state index is -0.314. The number of carbonyl (C=O) groups excluding carboxylic acids is 1. The molecule has 23 heavy (non-hydrogen) atoms. The third-order valence-electron chi connectivity index (χ3n) is 3.08. The Hall–Kier alpha value is -2.01. The Balaban J connectivity index is 1.55. The number of thioether (sulfide) groups is 1. The van der Waals surface area contributed by atoms with Crippen molar-refractivity contribution >= 4 is 23.4 Å². The summed E-state index contributed by atoms with van der Waals surface area (Å²) < 4.78 is 18.4. The Kier molecular flexibility index (Phi) is 6.94. The van der Waals surface area contributed by atoms with E-state index in [-0.39, 0.29) is 11.7 Å². The molecule has 0 fully saturated rings. The van der Waals surface area contributed by atoms with Crippen LogP contribution in [0.2, 0.25) is 0 Å². The molecule has 0 aliphatic carbocycles. The number of anilines is 1. The predicted octanol–water partition coefficient (Wildman–Crippen LogP) is 4.27. The average molecular weight is 333 g/mol. The number of hydrogen-bond acceptors (Lipinski definition) is 3. The van der Waals surface area contributed by atoms with Gasteiger partial charge in [-0.25, -0.2) is 4.39 Å². The molecule has 5 heteroatoms. The van der Waals surface area contributed by atoms with Crippen LogP contribution in [0.4, 0.5) is 10.1 Å². The molecule has 0 spiro atoms. The van der Waals surface area contributed by atoms with Crippen LogP contribution < -0.4 is 10.1 Å². The normalized spacial score (nSPS) is 10.3. The van der Waals surface area contributed by atoms with Crippen LogP contribution >= 0.6 is 11.8 Å². The SMILES string of the molecule is Cc1ccc(OCCCSCC(=O)Nc2ccc(F)cc2)cc1. The first-order valence-corrected chi connectivity index (χ1v) is 8.61. The lowest BCUT2D eigenvalue weighted by atomic mass is 10.2. The van der Waals surface area contributed by atoms with Gasteiger partial charge in [0.05, 0.1) is 12.4 Å². The van der Waals surface area contributed by atoms with E-state index in [2.05, 4.69) is 5.32 Å². The van der Waals surface area contributed by atoms with E-state index in [9.17, 15) is 9.18 Å². The maximum atomic E-state index is 12.8. The monoisotopic (exact) mass is 333 g/mol. The van der Waals surface area contributed by atoms with Crippen LogP contribution in [-0.2, 0) is 4.79 Å². The maximum Gasteiger partial charge on any atom is 0.234 e. The highest BCUT2D eigenvalue weighted by Gasteiger charge is 2.03. The van der Waals surface area contributed by atoms with E-state index in [0.29, 0.717) is 18.0 Å².